The van der Waals surface area contributed by atoms with E-state index in [2.05, 4.69) is 11.4 Å². The lowest BCUT2D eigenvalue weighted by Crippen LogP contribution is -2.15. The summed E-state index contributed by atoms with van der Waals surface area (Å²) in [5.41, 5.74) is 3.03. The number of halogens is 2. The molecule has 0 atom stereocenters. The molecule has 0 radical (unpaired) electrons. The van der Waals surface area contributed by atoms with Crippen molar-refractivity contribution in [3.63, 3.8) is 0 Å². The van der Waals surface area contributed by atoms with Crippen molar-refractivity contribution in [2.24, 2.45) is 0 Å². The Hall–Kier alpha value is -2.04. The molecule has 0 heterocycles. The second kappa shape index (κ2) is 10.5. The maximum Gasteiger partial charge on any atom is 0.161 e. The number of allylic oxidation sites excluding steroid dienone is 1. The second-order valence-electron chi connectivity index (χ2n) is 7.01. The fourth-order valence-electron chi connectivity index (χ4n) is 3.37. The predicted molar refractivity (Wildman–Crippen MR) is 112 cm³/mol. The first-order valence-corrected chi connectivity index (χ1v) is 10.2. The molecule has 0 bridgehead atoms. The van der Waals surface area contributed by atoms with Crippen LogP contribution in [0.1, 0.15) is 43.2 Å². The number of hydrogen-bond donors (Lipinski definition) is 1. The van der Waals surface area contributed by atoms with E-state index < -0.39 is 0 Å². The molecule has 0 amide bonds. The van der Waals surface area contributed by atoms with Gasteiger partial charge in [0.1, 0.15) is 12.4 Å². The summed E-state index contributed by atoms with van der Waals surface area (Å²) in [7, 11) is 1.60. The molecule has 5 heteroatoms. The van der Waals surface area contributed by atoms with Crippen LogP contribution in [0.25, 0.3) is 0 Å². The zero-order chi connectivity index (χ0) is 19.8. The number of rotatable bonds is 9. The fourth-order valence-corrected chi connectivity index (χ4v) is 3.59. The molecule has 150 valence electrons. The van der Waals surface area contributed by atoms with Gasteiger partial charge in [-0.05, 0) is 68.5 Å². The summed E-state index contributed by atoms with van der Waals surface area (Å²) in [6, 6.07) is 10.4. The van der Waals surface area contributed by atoms with Crippen LogP contribution in [-0.4, -0.2) is 13.7 Å². The van der Waals surface area contributed by atoms with Crippen molar-refractivity contribution < 1.29 is 13.9 Å². The van der Waals surface area contributed by atoms with Gasteiger partial charge >= 0.3 is 0 Å². The van der Waals surface area contributed by atoms with Crippen LogP contribution in [0.3, 0.4) is 0 Å². The van der Waals surface area contributed by atoms with Gasteiger partial charge in [0.05, 0.1) is 12.1 Å². The average Bonchev–Trinajstić information content (AvgIpc) is 2.72. The molecule has 1 aliphatic carbocycles. The summed E-state index contributed by atoms with van der Waals surface area (Å²) in [6.07, 6.45) is 8.63. The van der Waals surface area contributed by atoms with Crippen LogP contribution in [0, 0.1) is 5.82 Å². The Morgan fingerprint density at radius 2 is 2.04 bits per heavy atom. The zero-order valence-electron chi connectivity index (χ0n) is 16.3. The first kappa shape index (κ1) is 20.7. The maximum absolute atomic E-state index is 13.9. The first-order valence-electron chi connectivity index (χ1n) is 9.78. The van der Waals surface area contributed by atoms with E-state index in [1.807, 2.05) is 18.2 Å². The Morgan fingerprint density at radius 1 is 1.14 bits per heavy atom. The van der Waals surface area contributed by atoms with Gasteiger partial charge in [0.25, 0.3) is 0 Å². The number of hydrogen-bond acceptors (Lipinski definition) is 3. The van der Waals surface area contributed by atoms with E-state index in [1.54, 1.807) is 24.8 Å². The zero-order valence-corrected chi connectivity index (χ0v) is 17.0. The summed E-state index contributed by atoms with van der Waals surface area (Å²) < 4.78 is 25.1. The summed E-state index contributed by atoms with van der Waals surface area (Å²) in [4.78, 5) is 0. The van der Waals surface area contributed by atoms with Crippen LogP contribution < -0.4 is 14.8 Å². The maximum atomic E-state index is 13.9. The highest BCUT2D eigenvalue weighted by atomic mass is 35.5. The van der Waals surface area contributed by atoms with Gasteiger partial charge in [-0.2, -0.15) is 0 Å². The molecule has 0 fully saturated rings. The standard InChI is InChI=1S/C23H27ClFNO2/c1-27-23-14-18(15-26-13-12-17-6-3-2-4-7-17)10-11-22(23)28-16-19-20(24)8-5-9-21(19)25/h5-6,8-11,14,26H,2-4,7,12-13,15-16H2,1H3. The van der Waals surface area contributed by atoms with Gasteiger partial charge in [-0.15, -0.1) is 0 Å². The van der Waals surface area contributed by atoms with E-state index in [-0.39, 0.29) is 12.4 Å². The number of benzene rings is 2. The number of nitrogens with one attached hydrogen (secondary N) is 1. The molecule has 0 saturated carbocycles. The molecule has 0 saturated heterocycles. The highest BCUT2D eigenvalue weighted by molar-refractivity contribution is 6.31. The van der Waals surface area contributed by atoms with E-state index >= 15 is 0 Å². The highest BCUT2D eigenvalue weighted by Gasteiger charge is 2.11. The van der Waals surface area contributed by atoms with Crippen molar-refractivity contribution in [3.05, 3.63) is 70.0 Å². The van der Waals surface area contributed by atoms with Crippen molar-refractivity contribution in [2.45, 2.75) is 45.3 Å². The lowest BCUT2D eigenvalue weighted by atomic mass is 9.97. The summed E-state index contributed by atoms with van der Waals surface area (Å²) in [6.45, 7) is 1.79. The van der Waals surface area contributed by atoms with Gasteiger partial charge in [0, 0.05) is 12.1 Å². The third-order valence-electron chi connectivity index (χ3n) is 5.00. The Bertz CT molecular complexity index is 802. The molecule has 2 aromatic rings. The first-order chi connectivity index (χ1) is 13.7. The van der Waals surface area contributed by atoms with Crippen molar-refractivity contribution in [1.82, 2.24) is 5.32 Å². The van der Waals surface area contributed by atoms with Crippen molar-refractivity contribution >= 4 is 11.6 Å². The fraction of sp³-hybridized carbons (Fsp3) is 0.391. The van der Waals surface area contributed by atoms with Crippen LogP contribution in [-0.2, 0) is 13.2 Å². The normalized spacial score (nSPS) is 13.9. The summed E-state index contributed by atoms with van der Waals surface area (Å²) >= 11 is 6.06. The van der Waals surface area contributed by atoms with E-state index in [9.17, 15) is 4.39 Å². The highest BCUT2D eigenvalue weighted by Crippen LogP contribution is 2.30. The molecule has 0 aromatic heterocycles. The van der Waals surface area contributed by atoms with Crippen molar-refractivity contribution in [1.29, 1.82) is 0 Å². The molecular weight excluding hydrogens is 377 g/mol. The van der Waals surface area contributed by atoms with Crippen molar-refractivity contribution in [3.8, 4) is 11.5 Å². The molecule has 3 nitrogen and oxygen atoms in total. The van der Waals surface area contributed by atoms with Gasteiger partial charge in [-0.3, -0.25) is 0 Å². The van der Waals surface area contributed by atoms with Crippen LogP contribution in [0.5, 0.6) is 11.5 Å². The molecule has 3 rings (SSSR count). The molecule has 28 heavy (non-hydrogen) atoms. The Balaban J connectivity index is 1.53. The lowest BCUT2D eigenvalue weighted by Gasteiger charge is -2.15. The topological polar surface area (TPSA) is 30.5 Å². The quantitative estimate of drug-likeness (QED) is 0.408. The van der Waals surface area contributed by atoms with E-state index in [0.29, 0.717) is 22.1 Å². The average molecular weight is 404 g/mol. The molecule has 1 N–H and O–H groups in total. The van der Waals surface area contributed by atoms with Crippen LogP contribution in [0.15, 0.2) is 48.0 Å². The monoisotopic (exact) mass is 403 g/mol. The molecule has 0 unspecified atom stereocenters. The lowest BCUT2D eigenvalue weighted by molar-refractivity contribution is 0.279. The third kappa shape index (κ3) is 5.73. The van der Waals surface area contributed by atoms with Gasteiger partial charge in [-0.1, -0.05) is 35.4 Å². The molecular formula is C23H27ClFNO2. The van der Waals surface area contributed by atoms with E-state index in [0.717, 1.165) is 25.1 Å². The van der Waals surface area contributed by atoms with Gasteiger partial charge in [0.15, 0.2) is 11.5 Å². The summed E-state index contributed by atoms with van der Waals surface area (Å²) in [5.74, 6) is 0.819. The Kier molecular flexibility index (Phi) is 7.75. The van der Waals surface area contributed by atoms with Crippen LogP contribution in [0.2, 0.25) is 5.02 Å². The van der Waals surface area contributed by atoms with Gasteiger partial charge in [-0.25, -0.2) is 4.39 Å². The van der Waals surface area contributed by atoms with Crippen molar-refractivity contribution in [2.75, 3.05) is 13.7 Å². The predicted octanol–water partition coefficient (Wildman–Crippen LogP) is 6.05. The number of ether oxygens (including phenoxy) is 2. The minimum Gasteiger partial charge on any atom is -0.493 e. The Morgan fingerprint density at radius 3 is 2.79 bits per heavy atom. The second-order valence-corrected chi connectivity index (χ2v) is 7.42. The minimum absolute atomic E-state index is 0.0502. The minimum atomic E-state index is -0.375. The third-order valence-corrected chi connectivity index (χ3v) is 5.35. The molecule has 0 spiro atoms. The number of methoxy groups -OCH3 is 1. The molecule has 0 aliphatic heterocycles. The smallest absolute Gasteiger partial charge is 0.161 e. The van der Waals surface area contributed by atoms with E-state index in [1.165, 1.54) is 31.7 Å². The molecule has 1 aliphatic rings. The summed E-state index contributed by atoms with van der Waals surface area (Å²) in [5, 5.41) is 3.84. The van der Waals surface area contributed by atoms with E-state index in [4.69, 9.17) is 21.1 Å². The van der Waals surface area contributed by atoms with Gasteiger partial charge in [0.2, 0.25) is 0 Å². The SMILES string of the molecule is COc1cc(CNCCC2=CCCCC2)ccc1OCc1c(F)cccc1Cl. The Labute approximate surface area is 171 Å². The van der Waals surface area contributed by atoms with Gasteiger partial charge < -0.3 is 14.8 Å². The largest absolute Gasteiger partial charge is 0.493 e. The molecule has 2 aromatic carbocycles. The van der Waals surface area contributed by atoms with Crippen LogP contribution in [0.4, 0.5) is 4.39 Å². The van der Waals surface area contributed by atoms with Crippen LogP contribution >= 0.6 is 11.6 Å².